The van der Waals surface area contributed by atoms with Gasteiger partial charge in [-0.3, -0.25) is 0 Å². The maximum Gasteiger partial charge on any atom is 0.133 e. The number of nitrogens with zero attached hydrogens (tertiary/aromatic N) is 2. The molecule has 2 aromatic rings. The largest absolute Gasteiger partial charge is 0.496 e. The van der Waals surface area contributed by atoms with Gasteiger partial charge in [-0.2, -0.15) is 0 Å². The summed E-state index contributed by atoms with van der Waals surface area (Å²) in [6.07, 6.45) is 2.11. The molecule has 0 aliphatic heterocycles. The molecule has 0 saturated carbocycles. The van der Waals surface area contributed by atoms with E-state index in [9.17, 15) is 0 Å². The van der Waals surface area contributed by atoms with E-state index >= 15 is 0 Å². The molecule has 0 amide bonds. The molecule has 1 aliphatic carbocycles. The highest BCUT2D eigenvalue weighted by molar-refractivity contribution is 5.49. The van der Waals surface area contributed by atoms with E-state index < -0.39 is 0 Å². The molecule has 0 saturated heterocycles. The number of fused-ring (bicyclic) bond motifs is 1. The molecule has 1 aromatic heterocycles. The van der Waals surface area contributed by atoms with Gasteiger partial charge in [0, 0.05) is 17.7 Å². The zero-order chi connectivity index (χ0) is 15.7. The number of aryl methyl sites for hydroxylation is 1. The second-order valence-electron chi connectivity index (χ2n) is 6.17. The van der Waals surface area contributed by atoms with Crippen LogP contribution in [-0.2, 0) is 6.42 Å². The van der Waals surface area contributed by atoms with Crippen molar-refractivity contribution < 1.29 is 4.74 Å². The van der Waals surface area contributed by atoms with Gasteiger partial charge >= 0.3 is 0 Å². The third kappa shape index (κ3) is 2.78. The Labute approximate surface area is 132 Å². The van der Waals surface area contributed by atoms with Crippen molar-refractivity contribution in [2.24, 2.45) is 0 Å². The van der Waals surface area contributed by atoms with Crippen LogP contribution in [0.3, 0.4) is 0 Å². The molecule has 1 unspecified atom stereocenters. The fraction of sp³-hybridized carbons (Fsp3) is 0.444. The third-order valence-electron chi connectivity index (χ3n) is 4.16. The lowest BCUT2D eigenvalue weighted by Gasteiger charge is -2.17. The van der Waals surface area contributed by atoms with Crippen LogP contribution >= 0.6 is 0 Å². The minimum Gasteiger partial charge on any atom is -0.496 e. The second kappa shape index (κ2) is 5.95. The molecule has 1 heterocycles. The topological polar surface area (TPSA) is 47.0 Å². The summed E-state index contributed by atoms with van der Waals surface area (Å²) < 4.78 is 5.47. The van der Waals surface area contributed by atoms with Crippen LogP contribution in [0, 0.1) is 6.92 Å². The van der Waals surface area contributed by atoms with Gasteiger partial charge in [-0.1, -0.05) is 26.0 Å². The Morgan fingerprint density at radius 1 is 1.27 bits per heavy atom. The van der Waals surface area contributed by atoms with Gasteiger partial charge in [0.05, 0.1) is 13.2 Å². The Bertz CT molecular complexity index is 682. The maximum atomic E-state index is 5.47. The number of methoxy groups -OCH3 is 1. The molecule has 1 aromatic carbocycles. The fourth-order valence-corrected chi connectivity index (χ4v) is 3.06. The molecule has 116 valence electrons. The minimum absolute atomic E-state index is 0.291. The maximum absolute atomic E-state index is 5.47. The summed E-state index contributed by atoms with van der Waals surface area (Å²) in [5.41, 5.74) is 3.64. The Kier molecular flexibility index (Phi) is 4.01. The molecule has 0 radical (unpaired) electrons. The van der Waals surface area contributed by atoms with Crippen LogP contribution in [0.4, 0.5) is 5.82 Å². The van der Waals surface area contributed by atoms with E-state index in [1.165, 1.54) is 11.1 Å². The fourth-order valence-electron chi connectivity index (χ4n) is 3.06. The van der Waals surface area contributed by atoms with Crippen LogP contribution in [0.5, 0.6) is 5.75 Å². The zero-order valence-electron chi connectivity index (χ0n) is 13.7. The number of ether oxygens (including phenoxy) is 1. The smallest absolute Gasteiger partial charge is 0.133 e. The highest BCUT2D eigenvalue weighted by Gasteiger charge is 2.25. The summed E-state index contributed by atoms with van der Waals surface area (Å²) in [5.74, 6) is 3.13. The van der Waals surface area contributed by atoms with Gasteiger partial charge in [-0.25, -0.2) is 9.97 Å². The molecule has 0 fully saturated rings. The van der Waals surface area contributed by atoms with Crippen molar-refractivity contribution >= 4 is 5.82 Å². The van der Waals surface area contributed by atoms with E-state index in [0.29, 0.717) is 12.0 Å². The highest BCUT2D eigenvalue weighted by Crippen LogP contribution is 2.38. The van der Waals surface area contributed by atoms with Crippen LogP contribution in [0.25, 0.3) is 0 Å². The Morgan fingerprint density at radius 2 is 2.09 bits per heavy atom. The molecule has 4 heteroatoms. The molecule has 1 atom stereocenters. The first-order valence-electron chi connectivity index (χ1n) is 7.86. The lowest BCUT2D eigenvalue weighted by atomic mass is 10.1. The number of anilines is 1. The molecular formula is C18H23N3O. The van der Waals surface area contributed by atoms with Gasteiger partial charge in [0.1, 0.15) is 17.4 Å². The van der Waals surface area contributed by atoms with Crippen molar-refractivity contribution in [1.29, 1.82) is 0 Å². The van der Waals surface area contributed by atoms with Crippen LogP contribution in [0.15, 0.2) is 24.3 Å². The summed E-state index contributed by atoms with van der Waals surface area (Å²) in [6, 6.07) is 8.58. The average Bonchev–Trinajstić information content (AvgIpc) is 2.90. The summed E-state index contributed by atoms with van der Waals surface area (Å²) in [7, 11) is 1.74. The van der Waals surface area contributed by atoms with Gasteiger partial charge in [0.2, 0.25) is 0 Å². The average molecular weight is 297 g/mol. The first-order valence-corrected chi connectivity index (χ1v) is 7.86. The predicted molar refractivity (Wildman–Crippen MR) is 88.5 cm³/mol. The molecule has 1 aliphatic rings. The van der Waals surface area contributed by atoms with Crippen molar-refractivity contribution in [3.63, 3.8) is 0 Å². The lowest BCUT2D eigenvalue weighted by Crippen LogP contribution is -2.11. The van der Waals surface area contributed by atoms with Gasteiger partial charge in [0.15, 0.2) is 0 Å². The third-order valence-corrected chi connectivity index (χ3v) is 4.16. The second-order valence-corrected chi connectivity index (χ2v) is 6.17. The number of aromatic nitrogens is 2. The SMILES string of the molecule is COc1cccc2c1CCC2Nc1cc(C)nc(C(C)C)n1. The van der Waals surface area contributed by atoms with Gasteiger partial charge in [-0.05, 0) is 37.0 Å². The number of hydrogen-bond acceptors (Lipinski definition) is 4. The summed E-state index contributed by atoms with van der Waals surface area (Å²) in [5, 5.41) is 3.58. The van der Waals surface area contributed by atoms with E-state index in [1.807, 2.05) is 19.1 Å². The van der Waals surface area contributed by atoms with Crippen LogP contribution in [-0.4, -0.2) is 17.1 Å². The summed E-state index contributed by atoms with van der Waals surface area (Å²) in [4.78, 5) is 9.17. The summed E-state index contributed by atoms with van der Waals surface area (Å²) in [6.45, 7) is 6.26. The van der Waals surface area contributed by atoms with E-state index in [2.05, 4.69) is 41.3 Å². The molecule has 0 spiro atoms. The Balaban J connectivity index is 1.88. The van der Waals surface area contributed by atoms with E-state index in [4.69, 9.17) is 4.74 Å². The van der Waals surface area contributed by atoms with Gasteiger partial charge in [0.25, 0.3) is 0 Å². The molecule has 1 N–H and O–H groups in total. The minimum atomic E-state index is 0.291. The monoisotopic (exact) mass is 297 g/mol. The standard InChI is InChI=1S/C18H23N3O/c1-11(2)18-19-12(3)10-17(21-18)20-15-9-8-14-13(15)6-5-7-16(14)22-4/h5-7,10-11,15H,8-9H2,1-4H3,(H,19,20,21). The molecule has 3 rings (SSSR count). The number of hydrogen-bond donors (Lipinski definition) is 1. The number of benzene rings is 1. The quantitative estimate of drug-likeness (QED) is 0.926. The molecular weight excluding hydrogens is 274 g/mol. The van der Waals surface area contributed by atoms with E-state index in [0.717, 1.165) is 35.9 Å². The van der Waals surface area contributed by atoms with Crippen molar-refractivity contribution in [2.75, 3.05) is 12.4 Å². The van der Waals surface area contributed by atoms with Gasteiger partial charge in [-0.15, -0.1) is 0 Å². The normalized spacial score (nSPS) is 16.7. The first-order chi connectivity index (χ1) is 10.6. The van der Waals surface area contributed by atoms with Crippen LogP contribution in [0.2, 0.25) is 0 Å². The van der Waals surface area contributed by atoms with Crippen LogP contribution < -0.4 is 10.1 Å². The van der Waals surface area contributed by atoms with E-state index in [1.54, 1.807) is 7.11 Å². The predicted octanol–water partition coefficient (Wildman–Crippen LogP) is 4.02. The van der Waals surface area contributed by atoms with E-state index in [-0.39, 0.29) is 0 Å². The Hall–Kier alpha value is -2.10. The van der Waals surface area contributed by atoms with Crippen LogP contribution in [0.1, 0.15) is 54.9 Å². The van der Waals surface area contributed by atoms with Crippen molar-refractivity contribution in [3.8, 4) is 5.75 Å². The zero-order valence-corrected chi connectivity index (χ0v) is 13.7. The van der Waals surface area contributed by atoms with Gasteiger partial charge < -0.3 is 10.1 Å². The number of rotatable bonds is 4. The first kappa shape index (κ1) is 14.8. The molecule has 22 heavy (non-hydrogen) atoms. The summed E-state index contributed by atoms with van der Waals surface area (Å²) >= 11 is 0. The Morgan fingerprint density at radius 3 is 2.82 bits per heavy atom. The van der Waals surface area contributed by atoms with Crippen molar-refractivity contribution in [3.05, 3.63) is 46.9 Å². The van der Waals surface area contributed by atoms with Crippen molar-refractivity contribution in [2.45, 2.75) is 45.6 Å². The molecule has 4 nitrogen and oxygen atoms in total. The lowest BCUT2D eigenvalue weighted by molar-refractivity contribution is 0.410. The molecule has 0 bridgehead atoms. The number of nitrogens with one attached hydrogen (secondary N) is 1. The van der Waals surface area contributed by atoms with Crippen molar-refractivity contribution in [1.82, 2.24) is 9.97 Å². The highest BCUT2D eigenvalue weighted by atomic mass is 16.5.